The molecule has 70 valence electrons. The molecule has 1 aliphatic rings. The van der Waals surface area contributed by atoms with Gasteiger partial charge in [0.15, 0.2) is 0 Å². The molecule has 0 spiro atoms. The van der Waals surface area contributed by atoms with Crippen LogP contribution in [0.2, 0.25) is 0 Å². The zero-order chi connectivity index (χ0) is 9.47. The van der Waals surface area contributed by atoms with Crippen molar-refractivity contribution >= 4 is 5.82 Å². The largest absolute Gasteiger partial charge is 0.343 e. The Morgan fingerprint density at radius 1 is 1.31 bits per heavy atom. The summed E-state index contributed by atoms with van der Waals surface area (Å²) >= 11 is 0. The lowest BCUT2D eigenvalue weighted by Gasteiger charge is -2.39. The van der Waals surface area contributed by atoms with Gasteiger partial charge in [0.05, 0.1) is 18.8 Å². The average Bonchev–Trinajstić information content (AvgIpc) is 2.01. The van der Waals surface area contributed by atoms with Gasteiger partial charge in [0.2, 0.25) is 0 Å². The molecule has 3 nitrogen and oxygen atoms in total. The molecule has 0 saturated carbocycles. The zero-order valence-corrected chi connectivity index (χ0v) is 7.17. The van der Waals surface area contributed by atoms with E-state index in [-0.39, 0.29) is 13.1 Å². The van der Waals surface area contributed by atoms with Gasteiger partial charge in [-0.3, -0.25) is 4.98 Å². The molecule has 1 fully saturated rings. The van der Waals surface area contributed by atoms with Crippen molar-refractivity contribution in [2.45, 2.75) is 12.8 Å². The summed E-state index contributed by atoms with van der Waals surface area (Å²) in [5.74, 6) is -1.99. The first kappa shape index (κ1) is 8.34. The lowest BCUT2D eigenvalue weighted by molar-refractivity contribution is -0.0267. The fourth-order valence-corrected chi connectivity index (χ4v) is 1.37. The first-order valence-electron chi connectivity index (χ1n) is 3.99. The standard InChI is InChI=1S/C8H9F2N3/c1-6-7(12-3-2-11-6)13-4-8(9,10)5-13/h2-3H,4-5H2,1H3. The minimum absolute atomic E-state index is 0.244. The monoisotopic (exact) mass is 185 g/mol. The van der Waals surface area contributed by atoms with Crippen molar-refractivity contribution in [2.75, 3.05) is 18.0 Å². The third-order valence-corrected chi connectivity index (χ3v) is 2.00. The summed E-state index contributed by atoms with van der Waals surface area (Å²) < 4.78 is 25.0. The van der Waals surface area contributed by atoms with Crippen LogP contribution in [-0.4, -0.2) is 29.0 Å². The Hall–Kier alpha value is -1.26. The molecule has 2 heterocycles. The van der Waals surface area contributed by atoms with Gasteiger partial charge in [-0.2, -0.15) is 0 Å². The highest BCUT2D eigenvalue weighted by Gasteiger charge is 2.44. The number of rotatable bonds is 1. The predicted molar refractivity (Wildman–Crippen MR) is 43.9 cm³/mol. The Kier molecular flexibility index (Phi) is 1.68. The van der Waals surface area contributed by atoms with Crippen molar-refractivity contribution in [1.29, 1.82) is 0 Å². The molecular weight excluding hydrogens is 176 g/mol. The maximum Gasteiger partial charge on any atom is 0.282 e. The lowest BCUT2D eigenvalue weighted by atomic mass is 10.1. The molecule has 1 aromatic heterocycles. The maximum absolute atomic E-state index is 12.5. The zero-order valence-electron chi connectivity index (χ0n) is 7.17. The van der Waals surface area contributed by atoms with Gasteiger partial charge in [-0.25, -0.2) is 13.8 Å². The molecule has 13 heavy (non-hydrogen) atoms. The third kappa shape index (κ3) is 1.46. The van der Waals surface area contributed by atoms with E-state index < -0.39 is 5.92 Å². The van der Waals surface area contributed by atoms with Crippen LogP contribution in [0.5, 0.6) is 0 Å². The number of hydrogen-bond donors (Lipinski definition) is 0. The average molecular weight is 185 g/mol. The number of aromatic nitrogens is 2. The smallest absolute Gasteiger partial charge is 0.282 e. The van der Waals surface area contributed by atoms with Crippen molar-refractivity contribution < 1.29 is 8.78 Å². The van der Waals surface area contributed by atoms with E-state index in [0.717, 1.165) is 0 Å². The second-order valence-corrected chi connectivity index (χ2v) is 3.18. The molecule has 1 saturated heterocycles. The van der Waals surface area contributed by atoms with Crippen LogP contribution in [0.1, 0.15) is 5.69 Å². The molecule has 0 unspecified atom stereocenters. The second kappa shape index (κ2) is 2.61. The molecular formula is C8H9F2N3. The summed E-state index contributed by atoms with van der Waals surface area (Å²) in [5.41, 5.74) is 0.693. The fraction of sp³-hybridized carbons (Fsp3) is 0.500. The molecule has 0 aromatic carbocycles. The maximum atomic E-state index is 12.5. The molecule has 0 aliphatic carbocycles. The van der Waals surface area contributed by atoms with Gasteiger partial charge in [-0.05, 0) is 6.92 Å². The highest BCUT2D eigenvalue weighted by molar-refractivity contribution is 5.46. The van der Waals surface area contributed by atoms with E-state index in [4.69, 9.17) is 0 Å². The van der Waals surface area contributed by atoms with Crippen LogP contribution in [-0.2, 0) is 0 Å². The van der Waals surface area contributed by atoms with Crippen LogP contribution >= 0.6 is 0 Å². The molecule has 0 bridgehead atoms. The summed E-state index contributed by atoms with van der Waals surface area (Å²) in [6.07, 6.45) is 3.07. The van der Waals surface area contributed by atoms with E-state index in [0.29, 0.717) is 11.5 Å². The van der Waals surface area contributed by atoms with Gasteiger partial charge in [0.1, 0.15) is 5.82 Å². The van der Waals surface area contributed by atoms with E-state index >= 15 is 0 Å². The van der Waals surface area contributed by atoms with Crippen molar-refractivity contribution in [3.05, 3.63) is 18.1 Å². The number of anilines is 1. The van der Waals surface area contributed by atoms with Gasteiger partial charge in [-0.15, -0.1) is 0 Å². The third-order valence-electron chi connectivity index (χ3n) is 2.00. The molecule has 1 aliphatic heterocycles. The van der Waals surface area contributed by atoms with Gasteiger partial charge in [-0.1, -0.05) is 0 Å². The van der Waals surface area contributed by atoms with Crippen molar-refractivity contribution in [3.63, 3.8) is 0 Å². The van der Waals surface area contributed by atoms with E-state index in [9.17, 15) is 8.78 Å². The van der Waals surface area contributed by atoms with Gasteiger partial charge < -0.3 is 4.90 Å². The van der Waals surface area contributed by atoms with Crippen LogP contribution in [0.3, 0.4) is 0 Å². The Labute approximate surface area is 74.4 Å². The Balaban J connectivity index is 2.16. The molecule has 5 heteroatoms. The van der Waals surface area contributed by atoms with E-state index in [1.54, 1.807) is 13.1 Å². The molecule has 0 amide bonds. The number of hydrogen-bond acceptors (Lipinski definition) is 3. The molecule has 1 aromatic rings. The molecule has 0 N–H and O–H groups in total. The second-order valence-electron chi connectivity index (χ2n) is 3.18. The predicted octanol–water partition coefficient (Wildman–Crippen LogP) is 1.24. The summed E-state index contributed by atoms with van der Waals surface area (Å²) in [4.78, 5) is 9.51. The fourth-order valence-electron chi connectivity index (χ4n) is 1.37. The Bertz CT molecular complexity index is 319. The van der Waals surface area contributed by atoms with Gasteiger partial charge in [0.25, 0.3) is 5.92 Å². The quantitative estimate of drug-likeness (QED) is 0.659. The number of halogens is 2. The SMILES string of the molecule is Cc1nccnc1N1CC(F)(F)C1. The highest BCUT2D eigenvalue weighted by atomic mass is 19.3. The highest BCUT2D eigenvalue weighted by Crippen LogP contribution is 2.31. The lowest BCUT2D eigenvalue weighted by Crippen LogP contribution is -2.56. The summed E-state index contributed by atoms with van der Waals surface area (Å²) in [5, 5.41) is 0. The summed E-state index contributed by atoms with van der Waals surface area (Å²) in [6, 6.07) is 0. The minimum atomic E-state index is -2.55. The first-order chi connectivity index (χ1) is 6.08. The molecule has 0 radical (unpaired) electrons. The number of alkyl halides is 2. The van der Waals surface area contributed by atoms with E-state index in [1.165, 1.54) is 11.1 Å². The van der Waals surface area contributed by atoms with Gasteiger partial charge in [0, 0.05) is 12.4 Å². The van der Waals surface area contributed by atoms with Crippen LogP contribution in [0, 0.1) is 6.92 Å². The summed E-state index contributed by atoms with van der Waals surface area (Å²) in [7, 11) is 0. The number of aryl methyl sites for hydroxylation is 1. The molecule has 2 rings (SSSR count). The van der Waals surface area contributed by atoms with Crippen molar-refractivity contribution in [3.8, 4) is 0 Å². The molecule has 0 atom stereocenters. The topological polar surface area (TPSA) is 29.0 Å². The van der Waals surface area contributed by atoms with Gasteiger partial charge >= 0.3 is 0 Å². The minimum Gasteiger partial charge on any atom is -0.343 e. The van der Waals surface area contributed by atoms with Crippen LogP contribution in [0.15, 0.2) is 12.4 Å². The summed E-state index contributed by atoms with van der Waals surface area (Å²) in [6.45, 7) is 1.28. The van der Waals surface area contributed by atoms with E-state index in [2.05, 4.69) is 9.97 Å². The van der Waals surface area contributed by atoms with Crippen molar-refractivity contribution in [2.24, 2.45) is 0 Å². The first-order valence-corrected chi connectivity index (χ1v) is 3.99. The normalized spacial score (nSPS) is 19.8. The van der Waals surface area contributed by atoms with Crippen molar-refractivity contribution in [1.82, 2.24) is 9.97 Å². The van der Waals surface area contributed by atoms with Crippen LogP contribution in [0.4, 0.5) is 14.6 Å². The number of nitrogens with zero attached hydrogens (tertiary/aromatic N) is 3. The van der Waals surface area contributed by atoms with E-state index in [1.807, 2.05) is 0 Å². The van der Waals surface area contributed by atoms with Crippen LogP contribution < -0.4 is 4.90 Å². The Morgan fingerprint density at radius 3 is 2.46 bits per heavy atom. The Morgan fingerprint density at radius 2 is 1.92 bits per heavy atom. The van der Waals surface area contributed by atoms with Crippen LogP contribution in [0.25, 0.3) is 0 Å².